The zero-order valence-electron chi connectivity index (χ0n) is 15.9. The number of para-hydroxylation sites is 1. The van der Waals surface area contributed by atoms with Gasteiger partial charge in [0.25, 0.3) is 0 Å². The molecule has 3 heterocycles. The largest absolute Gasteiger partial charge is 0.486 e. The Kier molecular flexibility index (Phi) is 4.32. The standard InChI is InChI=1S/C22H20N6O/c1-27-15-16(13-25-27)20-14-24-22-21(23-10-11-28(20)22)26-17-6-5-9-19(12-17)29-18-7-3-2-4-8-18/h2-8,10-15,19H,9H2,1H3,(H,23,26)/t19-/m0/s1. The number of ether oxygens (including phenoxy) is 1. The number of aromatic nitrogens is 5. The third-order valence-corrected chi connectivity index (χ3v) is 4.75. The van der Waals surface area contributed by atoms with Crippen molar-refractivity contribution < 1.29 is 4.74 Å². The second-order valence-electron chi connectivity index (χ2n) is 6.87. The molecular weight excluding hydrogens is 364 g/mol. The minimum Gasteiger partial charge on any atom is -0.486 e. The second kappa shape index (κ2) is 7.27. The summed E-state index contributed by atoms with van der Waals surface area (Å²) in [4.78, 5) is 9.07. The van der Waals surface area contributed by atoms with E-state index in [0.717, 1.165) is 34.8 Å². The van der Waals surface area contributed by atoms with Crippen LogP contribution in [0.3, 0.4) is 0 Å². The number of aryl methyl sites for hydroxylation is 1. The first kappa shape index (κ1) is 17.2. The number of imidazole rings is 1. The predicted octanol–water partition coefficient (Wildman–Crippen LogP) is 3.83. The molecule has 0 unspecified atom stereocenters. The molecular formula is C22H20N6O. The van der Waals surface area contributed by atoms with E-state index in [9.17, 15) is 0 Å². The number of nitrogens with zero attached hydrogens (tertiary/aromatic N) is 5. The van der Waals surface area contributed by atoms with Gasteiger partial charge < -0.3 is 10.1 Å². The van der Waals surface area contributed by atoms with Crippen LogP contribution in [0.2, 0.25) is 0 Å². The molecule has 0 spiro atoms. The lowest BCUT2D eigenvalue weighted by Gasteiger charge is -2.19. The Labute approximate surface area is 168 Å². The van der Waals surface area contributed by atoms with Crippen LogP contribution in [-0.4, -0.2) is 30.3 Å². The first-order valence-electron chi connectivity index (χ1n) is 9.44. The van der Waals surface area contributed by atoms with Gasteiger partial charge in [0.2, 0.25) is 0 Å². The summed E-state index contributed by atoms with van der Waals surface area (Å²) >= 11 is 0. The van der Waals surface area contributed by atoms with Gasteiger partial charge in [-0.15, -0.1) is 0 Å². The van der Waals surface area contributed by atoms with Gasteiger partial charge in [0.05, 0.1) is 18.1 Å². The van der Waals surface area contributed by atoms with Crippen molar-refractivity contribution in [2.75, 3.05) is 5.32 Å². The lowest BCUT2D eigenvalue weighted by Crippen LogP contribution is -2.17. The number of hydrogen-bond acceptors (Lipinski definition) is 5. The van der Waals surface area contributed by atoms with E-state index < -0.39 is 0 Å². The van der Waals surface area contributed by atoms with Crippen molar-refractivity contribution in [2.24, 2.45) is 7.05 Å². The van der Waals surface area contributed by atoms with Gasteiger partial charge in [-0.25, -0.2) is 9.97 Å². The Hall–Kier alpha value is -3.87. The Balaban J connectivity index is 1.41. The second-order valence-corrected chi connectivity index (χ2v) is 6.87. The highest BCUT2D eigenvalue weighted by atomic mass is 16.5. The zero-order valence-corrected chi connectivity index (χ0v) is 15.9. The third-order valence-electron chi connectivity index (χ3n) is 4.75. The maximum atomic E-state index is 6.06. The van der Waals surface area contributed by atoms with Crippen LogP contribution in [0.15, 0.2) is 85.2 Å². The predicted molar refractivity (Wildman–Crippen MR) is 112 cm³/mol. The number of hydrogen-bond donors (Lipinski definition) is 1. The summed E-state index contributed by atoms with van der Waals surface area (Å²) in [5.74, 6) is 1.55. The van der Waals surface area contributed by atoms with Gasteiger partial charge in [-0.1, -0.05) is 24.3 Å². The molecule has 0 saturated carbocycles. The summed E-state index contributed by atoms with van der Waals surface area (Å²) < 4.78 is 9.85. The molecule has 1 atom stereocenters. The van der Waals surface area contributed by atoms with Crippen LogP contribution in [0.5, 0.6) is 5.75 Å². The molecule has 7 heteroatoms. The van der Waals surface area contributed by atoms with Crippen molar-refractivity contribution in [1.29, 1.82) is 0 Å². The summed E-state index contributed by atoms with van der Waals surface area (Å²) in [6.07, 6.45) is 16.3. The maximum absolute atomic E-state index is 6.06. The van der Waals surface area contributed by atoms with Crippen molar-refractivity contribution in [3.63, 3.8) is 0 Å². The zero-order chi connectivity index (χ0) is 19.6. The van der Waals surface area contributed by atoms with Crippen LogP contribution in [0.25, 0.3) is 16.9 Å². The number of anilines is 1. The fraction of sp³-hybridized carbons (Fsp3) is 0.136. The molecule has 1 N–H and O–H groups in total. The summed E-state index contributed by atoms with van der Waals surface area (Å²) in [6, 6.07) is 9.85. The van der Waals surface area contributed by atoms with E-state index in [0.29, 0.717) is 5.82 Å². The molecule has 7 nitrogen and oxygen atoms in total. The SMILES string of the molecule is Cn1cc(-c2cnc3c(NC4=C[C@@H](Oc5ccccc5)CC=C4)nccn23)cn1. The highest BCUT2D eigenvalue weighted by Crippen LogP contribution is 2.25. The van der Waals surface area contributed by atoms with Gasteiger partial charge in [-0.3, -0.25) is 9.08 Å². The average molecular weight is 384 g/mol. The van der Waals surface area contributed by atoms with E-state index in [2.05, 4.69) is 32.5 Å². The lowest BCUT2D eigenvalue weighted by atomic mass is 10.1. The molecule has 0 radical (unpaired) electrons. The smallest absolute Gasteiger partial charge is 0.180 e. The minimum atomic E-state index is -0.0321. The maximum Gasteiger partial charge on any atom is 0.180 e. The van der Waals surface area contributed by atoms with Crippen LogP contribution in [0.1, 0.15) is 6.42 Å². The molecule has 1 aliphatic carbocycles. The molecule has 144 valence electrons. The van der Waals surface area contributed by atoms with Gasteiger partial charge in [-0.2, -0.15) is 5.10 Å². The van der Waals surface area contributed by atoms with Crippen LogP contribution >= 0.6 is 0 Å². The molecule has 5 rings (SSSR count). The molecule has 29 heavy (non-hydrogen) atoms. The summed E-state index contributed by atoms with van der Waals surface area (Å²) in [5.41, 5.74) is 3.66. The molecule has 1 aliphatic rings. The quantitative estimate of drug-likeness (QED) is 0.566. The fourth-order valence-electron chi connectivity index (χ4n) is 3.40. The molecule has 0 bridgehead atoms. The van der Waals surface area contributed by atoms with Crippen LogP contribution in [-0.2, 0) is 7.05 Å². The van der Waals surface area contributed by atoms with Crippen molar-refractivity contribution in [3.8, 4) is 17.0 Å². The number of fused-ring (bicyclic) bond motifs is 1. The molecule has 0 saturated heterocycles. The Morgan fingerprint density at radius 2 is 2.03 bits per heavy atom. The van der Waals surface area contributed by atoms with E-state index in [1.807, 2.05) is 72.6 Å². The Bertz CT molecular complexity index is 1200. The minimum absolute atomic E-state index is 0.0321. The van der Waals surface area contributed by atoms with Gasteiger partial charge in [0.15, 0.2) is 11.5 Å². The van der Waals surface area contributed by atoms with E-state index in [1.54, 1.807) is 10.9 Å². The molecule has 4 aromatic rings. The highest BCUT2D eigenvalue weighted by Gasteiger charge is 2.15. The Morgan fingerprint density at radius 3 is 2.86 bits per heavy atom. The molecule has 1 aromatic carbocycles. The number of nitrogens with one attached hydrogen (secondary N) is 1. The van der Waals surface area contributed by atoms with Crippen LogP contribution in [0.4, 0.5) is 5.82 Å². The average Bonchev–Trinajstić information content (AvgIpc) is 3.36. The Morgan fingerprint density at radius 1 is 1.14 bits per heavy atom. The lowest BCUT2D eigenvalue weighted by molar-refractivity contribution is 0.251. The first-order chi connectivity index (χ1) is 14.3. The van der Waals surface area contributed by atoms with Crippen molar-refractivity contribution in [1.82, 2.24) is 24.1 Å². The summed E-state index contributed by atoms with van der Waals surface area (Å²) in [6.45, 7) is 0. The molecule has 0 amide bonds. The molecule has 0 fully saturated rings. The molecule has 3 aromatic heterocycles. The summed E-state index contributed by atoms with van der Waals surface area (Å²) in [5, 5.41) is 7.64. The van der Waals surface area contributed by atoms with Gasteiger partial charge in [0.1, 0.15) is 11.9 Å². The van der Waals surface area contributed by atoms with Crippen molar-refractivity contribution in [2.45, 2.75) is 12.5 Å². The number of allylic oxidation sites excluding steroid dienone is 1. The highest BCUT2D eigenvalue weighted by molar-refractivity contribution is 5.71. The molecule has 0 aliphatic heterocycles. The summed E-state index contributed by atoms with van der Waals surface area (Å²) in [7, 11) is 1.90. The van der Waals surface area contributed by atoms with E-state index in [1.165, 1.54) is 0 Å². The normalized spacial score (nSPS) is 16.0. The van der Waals surface area contributed by atoms with Crippen molar-refractivity contribution in [3.05, 3.63) is 85.2 Å². The fourth-order valence-corrected chi connectivity index (χ4v) is 3.40. The van der Waals surface area contributed by atoms with Gasteiger partial charge >= 0.3 is 0 Å². The van der Waals surface area contributed by atoms with Crippen LogP contribution < -0.4 is 10.1 Å². The van der Waals surface area contributed by atoms with Crippen LogP contribution in [0, 0.1) is 0 Å². The van der Waals surface area contributed by atoms with E-state index in [4.69, 9.17) is 4.74 Å². The topological polar surface area (TPSA) is 69.3 Å². The monoisotopic (exact) mass is 384 g/mol. The van der Waals surface area contributed by atoms with Gasteiger partial charge in [-0.05, 0) is 24.3 Å². The third kappa shape index (κ3) is 3.50. The van der Waals surface area contributed by atoms with Gasteiger partial charge in [0, 0.05) is 43.3 Å². The van der Waals surface area contributed by atoms with Crippen molar-refractivity contribution >= 4 is 11.5 Å². The first-order valence-corrected chi connectivity index (χ1v) is 9.44. The van der Waals surface area contributed by atoms with E-state index in [-0.39, 0.29) is 6.10 Å². The van der Waals surface area contributed by atoms with E-state index >= 15 is 0 Å². The number of benzene rings is 1. The number of rotatable bonds is 5.